The molecule has 1 aliphatic heterocycles. The van der Waals surface area contributed by atoms with Crippen molar-refractivity contribution in [2.75, 3.05) is 20.2 Å². The van der Waals surface area contributed by atoms with E-state index in [1.54, 1.807) is 7.11 Å². The largest absolute Gasteiger partial charge is 0.497 e. The quantitative estimate of drug-likeness (QED) is 0.263. The molecule has 0 saturated carbocycles. The van der Waals surface area contributed by atoms with Crippen molar-refractivity contribution in [1.29, 1.82) is 0 Å². The van der Waals surface area contributed by atoms with Crippen LogP contribution in [0.4, 0.5) is 0 Å². The van der Waals surface area contributed by atoms with Crippen LogP contribution in [0.15, 0.2) is 91.1 Å². The van der Waals surface area contributed by atoms with Crippen molar-refractivity contribution >= 4 is 22.4 Å². The highest BCUT2D eigenvalue weighted by Crippen LogP contribution is 2.41. The van der Waals surface area contributed by atoms with Crippen LogP contribution in [0.3, 0.4) is 0 Å². The second kappa shape index (κ2) is 10.9. The van der Waals surface area contributed by atoms with Gasteiger partial charge in [-0.3, -0.25) is 0 Å². The van der Waals surface area contributed by atoms with Crippen LogP contribution in [-0.4, -0.2) is 25.1 Å². The molecular formula is C31H30ClNO2. The number of hydrogen-bond acceptors (Lipinski definition) is 3. The highest BCUT2D eigenvalue weighted by atomic mass is 35.5. The van der Waals surface area contributed by atoms with Gasteiger partial charge in [0.25, 0.3) is 0 Å². The maximum Gasteiger partial charge on any atom is 0.143 e. The molecule has 35 heavy (non-hydrogen) atoms. The first kappa shape index (κ1) is 23.3. The van der Waals surface area contributed by atoms with Crippen LogP contribution in [0.2, 0.25) is 5.02 Å². The molecular weight excluding hydrogens is 454 g/mol. The number of fused-ring (bicyclic) bond motifs is 1. The number of methoxy groups -OCH3 is 1. The fraction of sp³-hybridized carbons (Fsp3) is 0.226. The van der Waals surface area contributed by atoms with Gasteiger partial charge in [0.05, 0.1) is 7.11 Å². The molecule has 0 unspecified atom stereocenters. The smallest absolute Gasteiger partial charge is 0.143 e. The Morgan fingerprint density at radius 1 is 0.829 bits per heavy atom. The number of nitrogens with zero attached hydrogens (tertiary/aromatic N) is 1. The lowest BCUT2D eigenvalue weighted by atomic mass is 9.99. The van der Waals surface area contributed by atoms with Crippen molar-refractivity contribution in [3.8, 4) is 28.4 Å². The molecule has 5 rings (SSSR count). The molecule has 1 aliphatic rings. The molecule has 0 atom stereocenters. The average molecular weight is 484 g/mol. The molecule has 1 heterocycles. The fourth-order valence-electron chi connectivity index (χ4n) is 4.59. The summed E-state index contributed by atoms with van der Waals surface area (Å²) >= 11 is 6.14. The molecule has 1 saturated heterocycles. The second-order valence-corrected chi connectivity index (χ2v) is 9.40. The number of halogens is 1. The fourth-order valence-corrected chi connectivity index (χ4v) is 4.72. The van der Waals surface area contributed by atoms with Crippen LogP contribution >= 0.6 is 11.6 Å². The molecule has 1 fully saturated rings. The lowest BCUT2D eigenvalue weighted by Crippen LogP contribution is -2.24. The zero-order valence-corrected chi connectivity index (χ0v) is 20.8. The maximum absolute atomic E-state index is 6.54. The van der Waals surface area contributed by atoms with Gasteiger partial charge in [-0.25, -0.2) is 0 Å². The Bertz CT molecular complexity index is 1310. The topological polar surface area (TPSA) is 21.7 Å². The standard InChI is InChI=1S/C31H30ClNO2/c1-34-28-16-18-30-25(22-28)11-17-29(24-9-12-26(32)13-10-24)31(30)35-27-14-7-23(8-15-27)6-5-21-33-19-3-2-4-20-33/h5,7-18,21-22H,2-4,6,19-20H2,1H3. The summed E-state index contributed by atoms with van der Waals surface area (Å²) in [6.45, 7) is 2.35. The van der Waals surface area contributed by atoms with Crippen molar-refractivity contribution < 1.29 is 9.47 Å². The van der Waals surface area contributed by atoms with Crippen molar-refractivity contribution in [2.24, 2.45) is 0 Å². The zero-order valence-electron chi connectivity index (χ0n) is 20.0. The van der Waals surface area contributed by atoms with Gasteiger partial charge < -0.3 is 14.4 Å². The predicted octanol–water partition coefficient (Wildman–Crippen LogP) is 8.50. The molecule has 0 radical (unpaired) electrons. The van der Waals surface area contributed by atoms with Gasteiger partial charge >= 0.3 is 0 Å². The van der Waals surface area contributed by atoms with Gasteiger partial charge in [-0.15, -0.1) is 0 Å². The number of allylic oxidation sites excluding steroid dienone is 1. The molecule has 4 aromatic rings. The minimum absolute atomic E-state index is 0.715. The van der Waals surface area contributed by atoms with Gasteiger partial charge in [0, 0.05) is 29.1 Å². The van der Waals surface area contributed by atoms with Gasteiger partial charge in [-0.2, -0.15) is 0 Å². The summed E-state index contributed by atoms with van der Waals surface area (Å²) in [5, 5.41) is 2.81. The van der Waals surface area contributed by atoms with E-state index in [1.165, 1.54) is 37.9 Å². The number of ether oxygens (including phenoxy) is 2. The normalized spacial score (nSPS) is 13.9. The molecule has 3 nitrogen and oxygen atoms in total. The van der Waals surface area contributed by atoms with Crippen LogP contribution < -0.4 is 9.47 Å². The van der Waals surface area contributed by atoms with E-state index in [4.69, 9.17) is 21.1 Å². The highest BCUT2D eigenvalue weighted by Gasteiger charge is 2.13. The lowest BCUT2D eigenvalue weighted by Gasteiger charge is -2.24. The Morgan fingerprint density at radius 3 is 2.31 bits per heavy atom. The summed E-state index contributed by atoms with van der Waals surface area (Å²) in [5.41, 5.74) is 3.35. The van der Waals surface area contributed by atoms with Crippen LogP contribution in [0, 0.1) is 0 Å². The van der Waals surface area contributed by atoms with Crippen LogP contribution in [0.1, 0.15) is 24.8 Å². The molecule has 178 valence electrons. The maximum atomic E-state index is 6.54. The predicted molar refractivity (Wildman–Crippen MR) is 146 cm³/mol. The van der Waals surface area contributed by atoms with Crippen LogP contribution in [-0.2, 0) is 6.42 Å². The van der Waals surface area contributed by atoms with Crippen LogP contribution in [0.25, 0.3) is 21.9 Å². The van der Waals surface area contributed by atoms with Crippen molar-refractivity contribution in [3.05, 3.63) is 102 Å². The molecule has 0 amide bonds. The Balaban J connectivity index is 1.41. The van der Waals surface area contributed by atoms with Gasteiger partial charge in [-0.1, -0.05) is 48.0 Å². The van der Waals surface area contributed by atoms with Crippen molar-refractivity contribution in [1.82, 2.24) is 4.90 Å². The third kappa shape index (κ3) is 5.63. The summed E-state index contributed by atoms with van der Waals surface area (Å²) in [6, 6.07) is 26.5. The SMILES string of the molecule is COc1ccc2c(Oc3ccc(CC=CN4CCCCC4)cc3)c(-c3ccc(Cl)cc3)ccc2c1. The molecule has 0 aliphatic carbocycles. The number of hydrogen-bond donors (Lipinski definition) is 0. The van der Waals surface area contributed by atoms with E-state index in [1.807, 2.05) is 36.4 Å². The van der Waals surface area contributed by atoms with Crippen LogP contribution in [0.5, 0.6) is 17.2 Å². The molecule has 0 bridgehead atoms. The Kier molecular flexibility index (Phi) is 7.25. The minimum Gasteiger partial charge on any atom is -0.497 e. The third-order valence-corrected chi connectivity index (χ3v) is 6.79. The molecule has 0 N–H and O–H groups in total. The monoisotopic (exact) mass is 483 g/mol. The Hall–Kier alpha value is -3.43. The molecule has 4 heteroatoms. The molecule has 0 aromatic heterocycles. The zero-order chi connectivity index (χ0) is 24.0. The summed E-state index contributed by atoms with van der Waals surface area (Å²) < 4.78 is 12.0. The number of benzene rings is 4. The lowest BCUT2D eigenvalue weighted by molar-refractivity contribution is 0.309. The van der Waals surface area contributed by atoms with Gasteiger partial charge in [-0.05, 0) is 96.9 Å². The van der Waals surface area contributed by atoms with E-state index in [-0.39, 0.29) is 0 Å². The number of rotatable bonds is 7. The summed E-state index contributed by atoms with van der Waals surface area (Å²) in [5.74, 6) is 2.46. The first-order chi connectivity index (χ1) is 17.2. The number of piperidine rings is 1. The van der Waals surface area contributed by atoms with E-state index in [0.29, 0.717) is 5.02 Å². The Morgan fingerprint density at radius 2 is 1.57 bits per heavy atom. The first-order valence-electron chi connectivity index (χ1n) is 12.2. The highest BCUT2D eigenvalue weighted by molar-refractivity contribution is 6.30. The van der Waals surface area contributed by atoms with E-state index in [0.717, 1.165) is 45.6 Å². The van der Waals surface area contributed by atoms with Gasteiger partial charge in [0.2, 0.25) is 0 Å². The molecule has 4 aromatic carbocycles. The van der Waals surface area contributed by atoms with E-state index < -0.39 is 0 Å². The summed E-state index contributed by atoms with van der Waals surface area (Å²) in [7, 11) is 1.68. The van der Waals surface area contributed by atoms with Gasteiger partial charge in [0.1, 0.15) is 17.2 Å². The second-order valence-electron chi connectivity index (χ2n) is 8.97. The Labute approximate surface area is 212 Å². The van der Waals surface area contributed by atoms with Crippen molar-refractivity contribution in [2.45, 2.75) is 25.7 Å². The van der Waals surface area contributed by atoms with E-state index in [2.05, 4.69) is 59.6 Å². The summed E-state index contributed by atoms with van der Waals surface area (Å²) in [6.07, 6.45) is 9.39. The third-order valence-electron chi connectivity index (χ3n) is 6.54. The minimum atomic E-state index is 0.715. The van der Waals surface area contributed by atoms with Crippen molar-refractivity contribution in [3.63, 3.8) is 0 Å². The summed E-state index contributed by atoms with van der Waals surface area (Å²) in [4.78, 5) is 2.43. The first-order valence-corrected chi connectivity index (χ1v) is 12.6. The number of likely N-dealkylation sites (tertiary alicyclic amines) is 1. The average Bonchev–Trinajstić information content (AvgIpc) is 2.91. The van der Waals surface area contributed by atoms with Gasteiger partial charge in [0.15, 0.2) is 0 Å². The molecule has 0 spiro atoms. The van der Waals surface area contributed by atoms with E-state index >= 15 is 0 Å². The van der Waals surface area contributed by atoms with E-state index in [9.17, 15) is 0 Å².